The predicted octanol–water partition coefficient (Wildman–Crippen LogP) is 4.84. The molecule has 1 saturated heterocycles. The normalized spacial score (nSPS) is 30.6. The van der Waals surface area contributed by atoms with Gasteiger partial charge in [0.25, 0.3) is 0 Å². The van der Waals surface area contributed by atoms with Crippen LogP contribution in [0.1, 0.15) is 62.1 Å². The Bertz CT molecular complexity index is 793. The number of fused-ring (bicyclic) bond motifs is 1. The van der Waals surface area contributed by atoms with Gasteiger partial charge in [0.05, 0.1) is 6.54 Å². The van der Waals surface area contributed by atoms with Crippen molar-refractivity contribution < 1.29 is 4.79 Å². The predicted molar refractivity (Wildman–Crippen MR) is 130 cm³/mol. The minimum Gasteiger partial charge on any atom is -0.339 e. The zero-order chi connectivity index (χ0) is 21.4. The van der Waals surface area contributed by atoms with Crippen molar-refractivity contribution in [2.75, 3.05) is 39.3 Å². The lowest BCUT2D eigenvalue weighted by atomic mass is 9.77. The van der Waals surface area contributed by atoms with E-state index in [4.69, 9.17) is 11.6 Å². The van der Waals surface area contributed by atoms with E-state index in [1.165, 1.54) is 49.7 Å². The number of hydrogen-bond acceptors (Lipinski definition) is 3. The molecule has 5 rings (SSSR count). The van der Waals surface area contributed by atoms with E-state index in [2.05, 4.69) is 48.8 Å². The fourth-order valence-electron chi connectivity index (χ4n) is 6.19. The molecule has 2 aliphatic carbocycles. The van der Waals surface area contributed by atoms with Crippen LogP contribution in [0.25, 0.3) is 0 Å². The molecule has 31 heavy (non-hydrogen) atoms. The summed E-state index contributed by atoms with van der Waals surface area (Å²) in [6.45, 7) is 5.34. The Labute approximate surface area is 200 Å². The molecule has 170 valence electrons. The molecule has 0 radical (unpaired) electrons. The van der Waals surface area contributed by atoms with E-state index in [1.54, 1.807) is 0 Å². The number of rotatable bonds is 4. The number of benzene rings is 1. The fraction of sp³-hybridized carbons (Fsp3) is 0.720. The lowest BCUT2D eigenvalue weighted by molar-refractivity contribution is -0.136. The van der Waals surface area contributed by atoms with Crippen molar-refractivity contribution in [3.63, 3.8) is 0 Å². The third-order valence-corrected chi connectivity index (χ3v) is 9.25. The van der Waals surface area contributed by atoms with Gasteiger partial charge in [-0.1, -0.05) is 41.3 Å². The topological polar surface area (TPSA) is 26.8 Å². The summed E-state index contributed by atoms with van der Waals surface area (Å²) in [6, 6.07) is 7.75. The first kappa shape index (κ1) is 22.2. The Balaban J connectivity index is 1.30. The van der Waals surface area contributed by atoms with Crippen molar-refractivity contribution >= 4 is 33.4 Å². The van der Waals surface area contributed by atoms with Gasteiger partial charge in [0.2, 0.25) is 5.91 Å². The van der Waals surface area contributed by atoms with Gasteiger partial charge in [0, 0.05) is 54.7 Å². The summed E-state index contributed by atoms with van der Waals surface area (Å²) in [5.74, 6) is 0.736. The molecule has 1 amide bonds. The van der Waals surface area contributed by atoms with Crippen LogP contribution in [0.4, 0.5) is 0 Å². The first-order valence-corrected chi connectivity index (χ1v) is 13.5. The number of piperazine rings is 1. The largest absolute Gasteiger partial charge is 0.339 e. The number of hydrogen-bond donors (Lipinski definition) is 0. The summed E-state index contributed by atoms with van der Waals surface area (Å²) in [6.07, 6.45) is 9.82. The highest BCUT2D eigenvalue weighted by atomic mass is 79.9. The Hall–Kier alpha value is -0.620. The Morgan fingerprint density at radius 1 is 1.00 bits per heavy atom. The van der Waals surface area contributed by atoms with Crippen LogP contribution in [-0.4, -0.2) is 71.3 Å². The molecule has 1 aromatic rings. The van der Waals surface area contributed by atoms with Gasteiger partial charge in [-0.05, 0) is 61.3 Å². The second kappa shape index (κ2) is 9.70. The highest BCUT2D eigenvalue weighted by Crippen LogP contribution is 2.44. The van der Waals surface area contributed by atoms with E-state index in [1.807, 2.05) is 0 Å². The zero-order valence-corrected chi connectivity index (χ0v) is 20.8. The number of nitrogens with zero attached hydrogens (tertiary/aromatic N) is 3. The van der Waals surface area contributed by atoms with E-state index in [9.17, 15) is 4.79 Å². The molecule has 0 N–H and O–H groups in total. The molecule has 2 aliphatic heterocycles. The lowest BCUT2D eigenvalue weighted by Gasteiger charge is -2.46. The Kier molecular flexibility index (Phi) is 6.95. The highest BCUT2D eigenvalue weighted by molar-refractivity contribution is 9.10. The quantitative estimate of drug-likeness (QED) is 0.544. The molecule has 0 bridgehead atoms. The zero-order valence-electron chi connectivity index (χ0n) is 18.4. The average Bonchev–Trinajstić information content (AvgIpc) is 2.73. The maximum absolute atomic E-state index is 13.3. The fourth-order valence-corrected chi connectivity index (χ4v) is 7.02. The van der Waals surface area contributed by atoms with Crippen LogP contribution in [-0.2, 0) is 11.2 Å². The Morgan fingerprint density at radius 3 is 2.48 bits per heavy atom. The van der Waals surface area contributed by atoms with Gasteiger partial charge in [0.1, 0.15) is 0 Å². The van der Waals surface area contributed by atoms with Gasteiger partial charge in [-0.2, -0.15) is 0 Å². The average molecular weight is 509 g/mol. The maximum Gasteiger partial charge on any atom is 0.236 e. The van der Waals surface area contributed by atoms with E-state index < -0.39 is 0 Å². The van der Waals surface area contributed by atoms with E-state index in [-0.39, 0.29) is 11.4 Å². The molecule has 3 unspecified atom stereocenters. The summed E-state index contributed by atoms with van der Waals surface area (Å²) < 4.78 is 1.14. The van der Waals surface area contributed by atoms with Crippen LogP contribution in [0.15, 0.2) is 22.7 Å². The monoisotopic (exact) mass is 507 g/mol. The van der Waals surface area contributed by atoms with Crippen LogP contribution >= 0.6 is 27.5 Å². The van der Waals surface area contributed by atoms with Gasteiger partial charge in [-0.3, -0.25) is 14.6 Å². The number of carbonyl (C=O) groups is 1. The number of alkyl halides is 1. The van der Waals surface area contributed by atoms with E-state index in [0.29, 0.717) is 18.4 Å². The van der Waals surface area contributed by atoms with Crippen LogP contribution in [0.2, 0.25) is 0 Å². The molecule has 3 atom stereocenters. The van der Waals surface area contributed by atoms with E-state index in [0.717, 1.165) is 56.1 Å². The van der Waals surface area contributed by atoms with Crippen molar-refractivity contribution in [3.8, 4) is 0 Å². The smallest absolute Gasteiger partial charge is 0.236 e. The summed E-state index contributed by atoms with van der Waals surface area (Å²) in [4.78, 5) is 20.5. The molecule has 2 saturated carbocycles. The third-order valence-electron chi connectivity index (χ3n) is 8.22. The summed E-state index contributed by atoms with van der Waals surface area (Å²) >= 11 is 10.5. The molecule has 6 heteroatoms. The summed E-state index contributed by atoms with van der Waals surface area (Å²) in [5, 5.41) is 0.206. The molecule has 4 nitrogen and oxygen atoms in total. The van der Waals surface area contributed by atoms with Crippen LogP contribution in [0.5, 0.6) is 0 Å². The van der Waals surface area contributed by atoms with E-state index >= 15 is 0 Å². The highest BCUT2D eigenvalue weighted by Gasteiger charge is 2.39. The second-order valence-corrected chi connectivity index (χ2v) is 11.5. The van der Waals surface area contributed by atoms with Crippen LogP contribution < -0.4 is 0 Å². The SMILES string of the molecule is O=C(CN1CCc2cc(Br)ccc2C1C1CCCCC1Cl)N1CCN(C2CCC2)CC1. The van der Waals surface area contributed by atoms with Crippen molar-refractivity contribution in [3.05, 3.63) is 33.8 Å². The molecule has 0 spiro atoms. The number of halogens is 2. The second-order valence-electron chi connectivity index (χ2n) is 9.97. The first-order valence-electron chi connectivity index (χ1n) is 12.3. The molecule has 3 fully saturated rings. The standard InChI is InChI=1S/C25H35BrClN3O/c26-19-8-9-21-18(16-19)10-11-30(25(21)22-6-1-2-7-23(22)27)17-24(31)29-14-12-28(13-15-29)20-4-3-5-20/h8-9,16,20,22-23,25H,1-7,10-15,17H2. The lowest BCUT2D eigenvalue weighted by Crippen LogP contribution is -2.55. The summed E-state index contributed by atoms with van der Waals surface area (Å²) in [5.41, 5.74) is 2.82. The van der Waals surface area contributed by atoms with Crippen molar-refractivity contribution in [2.45, 2.75) is 68.8 Å². The maximum atomic E-state index is 13.3. The molecule has 4 aliphatic rings. The van der Waals surface area contributed by atoms with Crippen LogP contribution in [0.3, 0.4) is 0 Å². The van der Waals surface area contributed by atoms with Crippen molar-refractivity contribution in [1.82, 2.24) is 14.7 Å². The number of carbonyl (C=O) groups excluding carboxylic acids is 1. The number of amides is 1. The molecular weight excluding hydrogens is 474 g/mol. The van der Waals surface area contributed by atoms with Gasteiger partial charge in [0.15, 0.2) is 0 Å². The van der Waals surface area contributed by atoms with Crippen LogP contribution in [0, 0.1) is 5.92 Å². The molecule has 0 aromatic heterocycles. The minimum atomic E-state index is 0.206. The summed E-state index contributed by atoms with van der Waals surface area (Å²) in [7, 11) is 0. The van der Waals surface area contributed by atoms with Crippen molar-refractivity contribution in [1.29, 1.82) is 0 Å². The van der Waals surface area contributed by atoms with Crippen molar-refractivity contribution in [2.24, 2.45) is 5.92 Å². The van der Waals surface area contributed by atoms with Gasteiger partial charge >= 0.3 is 0 Å². The first-order chi connectivity index (χ1) is 15.1. The van der Waals surface area contributed by atoms with Gasteiger partial charge in [-0.15, -0.1) is 11.6 Å². The Morgan fingerprint density at radius 2 is 1.77 bits per heavy atom. The molecular formula is C25H35BrClN3O. The molecule has 1 aromatic carbocycles. The third kappa shape index (κ3) is 4.71. The minimum absolute atomic E-state index is 0.206. The van der Waals surface area contributed by atoms with Gasteiger partial charge in [-0.25, -0.2) is 0 Å². The van der Waals surface area contributed by atoms with Gasteiger partial charge < -0.3 is 4.90 Å². The molecule has 2 heterocycles.